The van der Waals surface area contributed by atoms with Crippen molar-refractivity contribution in [2.45, 2.75) is 59.6 Å². The van der Waals surface area contributed by atoms with Gasteiger partial charge in [0.15, 0.2) is 0 Å². The van der Waals surface area contributed by atoms with Gasteiger partial charge in [-0.1, -0.05) is 20.8 Å². The molecule has 1 saturated heterocycles. The van der Waals surface area contributed by atoms with Crippen molar-refractivity contribution in [3.8, 4) is 0 Å². The predicted octanol–water partition coefficient (Wildman–Crippen LogP) is 2.34. The van der Waals surface area contributed by atoms with Crippen molar-refractivity contribution in [1.82, 2.24) is 15.5 Å². The molecule has 1 atom stereocenters. The number of nitrogens with one attached hydrogen (secondary N) is 2. The van der Waals surface area contributed by atoms with Gasteiger partial charge in [0.2, 0.25) is 0 Å². The van der Waals surface area contributed by atoms with E-state index in [1.54, 1.807) is 4.90 Å². The molecule has 6 nitrogen and oxygen atoms in total. The average molecular weight is 299 g/mol. The zero-order valence-electron chi connectivity index (χ0n) is 14.1. The lowest BCUT2D eigenvalue weighted by molar-refractivity contribution is 0.0442. The van der Waals surface area contributed by atoms with Crippen LogP contribution in [-0.2, 0) is 4.74 Å². The summed E-state index contributed by atoms with van der Waals surface area (Å²) in [4.78, 5) is 25.6. The number of hydrogen-bond donors (Lipinski definition) is 2. The van der Waals surface area contributed by atoms with E-state index in [0.717, 1.165) is 13.0 Å². The summed E-state index contributed by atoms with van der Waals surface area (Å²) in [5, 5.41) is 5.72. The van der Waals surface area contributed by atoms with Crippen molar-refractivity contribution in [3.63, 3.8) is 0 Å². The van der Waals surface area contributed by atoms with E-state index in [9.17, 15) is 9.59 Å². The molecule has 0 aromatic heterocycles. The van der Waals surface area contributed by atoms with Crippen LogP contribution in [0.4, 0.5) is 9.59 Å². The molecule has 1 fully saturated rings. The molecule has 0 radical (unpaired) electrons. The van der Waals surface area contributed by atoms with Crippen molar-refractivity contribution in [1.29, 1.82) is 0 Å². The molecule has 1 aliphatic rings. The van der Waals surface area contributed by atoms with Crippen molar-refractivity contribution in [2.75, 3.05) is 19.6 Å². The number of nitrogens with zero attached hydrogens (tertiary/aromatic N) is 1. The van der Waals surface area contributed by atoms with E-state index >= 15 is 0 Å². The maximum Gasteiger partial charge on any atom is 0.407 e. The number of carbonyl (C=O) groups is 2. The standard InChI is InChI=1S/C15H29N3O3/c1-14(2,3)11(17-13(20)21-15(4,5)6)10-18-9-7-8-16-12(18)19/h11H,7-10H2,1-6H3,(H,16,19)(H,17,20)/t11-/m0/s1. The summed E-state index contributed by atoms with van der Waals surface area (Å²) in [6.07, 6.45) is 0.481. The van der Waals surface area contributed by atoms with E-state index in [4.69, 9.17) is 4.74 Å². The summed E-state index contributed by atoms with van der Waals surface area (Å²) in [5.74, 6) is 0. The summed E-state index contributed by atoms with van der Waals surface area (Å²) in [6.45, 7) is 13.5. The van der Waals surface area contributed by atoms with Crippen LogP contribution < -0.4 is 10.6 Å². The van der Waals surface area contributed by atoms with Crippen molar-refractivity contribution < 1.29 is 14.3 Å². The van der Waals surface area contributed by atoms with Gasteiger partial charge in [-0.15, -0.1) is 0 Å². The van der Waals surface area contributed by atoms with E-state index in [1.165, 1.54) is 0 Å². The quantitative estimate of drug-likeness (QED) is 0.840. The highest BCUT2D eigenvalue weighted by molar-refractivity contribution is 5.75. The Kier molecular flexibility index (Phi) is 5.48. The zero-order chi connectivity index (χ0) is 16.3. The van der Waals surface area contributed by atoms with Crippen LogP contribution in [0.3, 0.4) is 0 Å². The molecule has 0 aliphatic carbocycles. The largest absolute Gasteiger partial charge is 0.444 e. The fourth-order valence-electron chi connectivity index (χ4n) is 2.06. The Morgan fingerprint density at radius 2 is 1.95 bits per heavy atom. The zero-order valence-corrected chi connectivity index (χ0v) is 14.1. The van der Waals surface area contributed by atoms with Crippen molar-refractivity contribution in [2.24, 2.45) is 5.41 Å². The van der Waals surface area contributed by atoms with Gasteiger partial charge in [0.1, 0.15) is 5.60 Å². The van der Waals surface area contributed by atoms with Gasteiger partial charge in [-0.2, -0.15) is 0 Å². The lowest BCUT2D eigenvalue weighted by atomic mass is 9.86. The van der Waals surface area contributed by atoms with Crippen molar-refractivity contribution in [3.05, 3.63) is 0 Å². The fourth-order valence-corrected chi connectivity index (χ4v) is 2.06. The van der Waals surface area contributed by atoms with Gasteiger partial charge in [0, 0.05) is 19.6 Å². The smallest absolute Gasteiger partial charge is 0.407 e. The summed E-state index contributed by atoms with van der Waals surface area (Å²) in [5.41, 5.74) is -0.705. The lowest BCUT2D eigenvalue weighted by Crippen LogP contribution is -2.56. The second-order valence-electron chi connectivity index (χ2n) is 7.60. The van der Waals surface area contributed by atoms with Crippen molar-refractivity contribution >= 4 is 12.1 Å². The molecule has 0 spiro atoms. The molecule has 1 heterocycles. The molecule has 6 heteroatoms. The molecule has 21 heavy (non-hydrogen) atoms. The fraction of sp³-hybridized carbons (Fsp3) is 0.867. The highest BCUT2D eigenvalue weighted by Gasteiger charge is 2.32. The van der Waals surface area contributed by atoms with E-state index in [1.807, 2.05) is 41.5 Å². The Hall–Kier alpha value is -1.46. The Bertz CT molecular complexity index is 383. The van der Waals surface area contributed by atoms with Crippen LogP contribution in [0, 0.1) is 5.41 Å². The third-order valence-corrected chi connectivity index (χ3v) is 3.31. The molecular weight excluding hydrogens is 270 g/mol. The first kappa shape index (κ1) is 17.6. The number of hydrogen-bond acceptors (Lipinski definition) is 3. The minimum atomic E-state index is -0.533. The van der Waals surface area contributed by atoms with Crippen LogP contribution in [-0.4, -0.2) is 48.3 Å². The van der Waals surface area contributed by atoms with Crippen LogP contribution in [0.1, 0.15) is 48.0 Å². The third kappa shape index (κ3) is 6.23. The molecule has 0 saturated carbocycles. The van der Waals surface area contributed by atoms with Crippen LogP contribution in [0.5, 0.6) is 0 Å². The third-order valence-electron chi connectivity index (χ3n) is 3.31. The molecule has 2 N–H and O–H groups in total. The first-order valence-corrected chi connectivity index (χ1v) is 7.51. The van der Waals surface area contributed by atoms with Gasteiger partial charge in [0.05, 0.1) is 6.04 Å². The number of amides is 3. The molecule has 3 amide bonds. The number of carbonyl (C=O) groups excluding carboxylic acids is 2. The van der Waals surface area contributed by atoms with Crippen LogP contribution in [0.15, 0.2) is 0 Å². The number of urea groups is 1. The number of alkyl carbamates (subject to hydrolysis) is 1. The van der Waals surface area contributed by atoms with Crippen LogP contribution >= 0.6 is 0 Å². The first-order valence-electron chi connectivity index (χ1n) is 7.51. The Morgan fingerprint density at radius 1 is 1.33 bits per heavy atom. The Balaban J connectivity index is 2.68. The molecule has 0 bridgehead atoms. The number of rotatable bonds is 3. The minimum Gasteiger partial charge on any atom is -0.444 e. The SMILES string of the molecule is CC(C)(C)OC(=O)N[C@@H](CN1CCCNC1=O)C(C)(C)C. The highest BCUT2D eigenvalue weighted by atomic mass is 16.6. The normalized spacial score (nSPS) is 18.0. The molecule has 1 rings (SSSR count). The molecule has 0 unspecified atom stereocenters. The number of ether oxygens (including phenoxy) is 1. The van der Waals surface area contributed by atoms with Gasteiger partial charge in [-0.05, 0) is 32.6 Å². The van der Waals surface area contributed by atoms with Gasteiger partial charge in [0.25, 0.3) is 0 Å². The summed E-state index contributed by atoms with van der Waals surface area (Å²) >= 11 is 0. The highest BCUT2D eigenvalue weighted by Crippen LogP contribution is 2.21. The van der Waals surface area contributed by atoms with Crippen LogP contribution in [0.2, 0.25) is 0 Å². The van der Waals surface area contributed by atoms with Crippen LogP contribution in [0.25, 0.3) is 0 Å². The lowest BCUT2D eigenvalue weighted by Gasteiger charge is -2.37. The monoisotopic (exact) mass is 299 g/mol. The predicted molar refractivity (Wildman–Crippen MR) is 82.2 cm³/mol. The molecular formula is C15H29N3O3. The maximum atomic E-state index is 12.0. The molecule has 1 aliphatic heterocycles. The molecule has 0 aromatic carbocycles. The van der Waals surface area contributed by atoms with E-state index in [-0.39, 0.29) is 17.5 Å². The topological polar surface area (TPSA) is 70.7 Å². The van der Waals surface area contributed by atoms with Gasteiger partial charge in [-0.25, -0.2) is 9.59 Å². The second kappa shape index (κ2) is 6.54. The second-order valence-corrected chi connectivity index (χ2v) is 7.60. The molecule has 0 aromatic rings. The Morgan fingerprint density at radius 3 is 2.43 bits per heavy atom. The van der Waals surface area contributed by atoms with E-state index in [0.29, 0.717) is 13.1 Å². The minimum absolute atomic E-state index is 0.0681. The first-order chi connectivity index (χ1) is 9.49. The maximum absolute atomic E-state index is 12.0. The van der Waals surface area contributed by atoms with E-state index in [2.05, 4.69) is 10.6 Å². The van der Waals surface area contributed by atoms with E-state index < -0.39 is 11.7 Å². The van der Waals surface area contributed by atoms with Gasteiger partial charge < -0.3 is 20.3 Å². The summed E-state index contributed by atoms with van der Waals surface area (Å²) < 4.78 is 5.31. The molecule has 122 valence electrons. The average Bonchev–Trinajstić information content (AvgIpc) is 2.27. The summed E-state index contributed by atoms with van der Waals surface area (Å²) in [6, 6.07) is -0.238. The summed E-state index contributed by atoms with van der Waals surface area (Å²) in [7, 11) is 0. The Labute approximate surface area is 127 Å². The van der Waals surface area contributed by atoms with Gasteiger partial charge in [-0.3, -0.25) is 0 Å². The van der Waals surface area contributed by atoms with Gasteiger partial charge >= 0.3 is 12.1 Å².